The number of esters is 1. The number of H-pyrrole nitrogens is 1. The van der Waals surface area contributed by atoms with E-state index in [-0.39, 0.29) is 30.1 Å². The molecule has 1 N–H and O–H groups in total. The third-order valence-electron chi connectivity index (χ3n) is 7.89. The number of methoxy groups -OCH3 is 1. The monoisotopic (exact) mass is 588 g/mol. The van der Waals surface area contributed by atoms with Crippen molar-refractivity contribution >= 4 is 22.8 Å². The van der Waals surface area contributed by atoms with E-state index in [1.54, 1.807) is 18.2 Å². The Kier molecular flexibility index (Phi) is 6.19. The zero-order chi connectivity index (χ0) is 29.9. The molecule has 7 rings (SSSR count). The largest absolute Gasteiger partial charge is 0.467 e. The highest BCUT2D eigenvalue weighted by Gasteiger charge is 2.45. The molecule has 11 heteroatoms. The minimum atomic E-state index is -4.53. The molecule has 1 amide bonds. The molecule has 0 saturated heterocycles. The second-order valence-electron chi connectivity index (χ2n) is 10.3. The summed E-state index contributed by atoms with van der Waals surface area (Å²) in [7, 11) is 1.25. The van der Waals surface area contributed by atoms with E-state index in [1.165, 1.54) is 36.5 Å². The molecule has 0 bridgehead atoms. The van der Waals surface area contributed by atoms with Crippen LogP contribution in [0.5, 0.6) is 11.5 Å². The highest BCUT2D eigenvalue weighted by Crippen LogP contribution is 2.45. The van der Waals surface area contributed by atoms with Crippen LogP contribution in [0, 0.1) is 0 Å². The van der Waals surface area contributed by atoms with Crippen LogP contribution in [0.1, 0.15) is 39.0 Å². The van der Waals surface area contributed by atoms with Crippen molar-refractivity contribution in [3.8, 4) is 22.6 Å². The Hall–Kier alpha value is -5.19. The van der Waals surface area contributed by atoms with Crippen LogP contribution in [0.4, 0.5) is 13.2 Å². The number of ether oxygens (including phenoxy) is 3. The van der Waals surface area contributed by atoms with Crippen LogP contribution >= 0.6 is 0 Å². The van der Waals surface area contributed by atoms with Gasteiger partial charge in [-0.3, -0.25) is 4.79 Å². The molecule has 0 fully saturated rings. The van der Waals surface area contributed by atoms with Crippen LogP contribution < -0.4 is 9.47 Å². The predicted molar refractivity (Wildman–Crippen MR) is 148 cm³/mol. The number of rotatable bonds is 4. The molecular weight excluding hydrogens is 565 g/mol. The fraction of sp³-hybridized carbons (Fsp3) is 0.188. The summed E-state index contributed by atoms with van der Waals surface area (Å²) in [6.07, 6.45) is -3.14. The van der Waals surface area contributed by atoms with Gasteiger partial charge in [0.2, 0.25) is 6.79 Å². The van der Waals surface area contributed by atoms with E-state index in [2.05, 4.69) is 4.98 Å². The number of hydrogen-bond donors (Lipinski definition) is 1. The second kappa shape index (κ2) is 9.97. The number of hydrogen-bond acceptors (Lipinski definition) is 6. The summed E-state index contributed by atoms with van der Waals surface area (Å²) in [4.78, 5) is 32.5. The lowest BCUT2D eigenvalue weighted by Crippen LogP contribution is -2.51. The first-order chi connectivity index (χ1) is 20.7. The topological polar surface area (TPSA) is 94.0 Å². The van der Waals surface area contributed by atoms with E-state index in [1.807, 2.05) is 24.3 Å². The normalized spacial score (nSPS) is 17.6. The summed E-state index contributed by atoms with van der Waals surface area (Å²) in [6.45, 7) is 0.0548. The van der Waals surface area contributed by atoms with Gasteiger partial charge in [-0.15, -0.1) is 0 Å². The minimum Gasteiger partial charge on any atom is -0.467 e. The molecule has 5 aromatic rings. The Balaban J connectivity index is 1.36. The molecule has 8 nitrogen and oxygen atoms in total. The lowest BCUT2D eigenvalue weighted by Gasteiger charge is -2.40. The maximum absolute atomic E-state index is 14.3. The van der Waals surface area contributed by atoms with Crippen LogP contribution in [0.3, 0.4) is 0 Å². The van der Waals surface area contributed by atoms with Crippen molar-refractivity contribution in [1.29, 1.82) is 0 Å². The minimum absolute atomic E-state index is 0.0548. The summed E-state index contributed by atoms with van der Waals surface area (Å²) >= 11 is 0. The molecule has 2 unspecified atom stereocenters. The number of benzene rings is 3. The number of fused-ring (bicyclic) bond motifs is 4. The second-order valence-corrected chi connectivity index (χ2v) is 10.3. The average molecular weight is 589 g/mol. The van der Waals surface area contributed by atoms with Gasteiger partial charge in [0.25, 0.3) is 5.91 Å². The Labute approximate surface area is 242 Å². The van der Waals surface area contributed by atoms with Crippen molar-refractivity contribution in [2.45, 2.75) is 24.7 Å². The Bertz CT molecular complexity index is 1890. The van der Waals surface area contributed by atoms with E-state index in [4.69, 9.17) is 18.6 Å². The maximum atomic E-state index is 14.3. The molecule has 3 aromatic carbocycles. The van der Waals surface area contributed by atoms with Gasteiger partial charge in [-0.1, -0.05) is 36.4 Å². The van der Waals surface area contributed by atoms with Crippen LogP contribution in [-0.2, 0) is 22.1 Å². The van der Waals surface area contributed by atoms with Gasteiger partial charge in [0.1, 0.15) is 6.04 Å². The van der Waals surface area contributed by atoms with Crippen LogP contribution in [0.15, 0.2) is 83.5 Å². The molecule has 2 aliphatic rings. The van der Waals surface area contributed by atoms with Crippen molar-refractivity contribution in [3.05, 3.63) is 107 Å². The zero-order valence-electron chi connectivity index (χ0n) is 22.6. The van der Waals surface area contributed by atoms with Gasteiger partial charge in [-0.05, 0) is 53.1 Å². The van der Waals surface area contributed by atoms with Crippen LogP contribution in [-0.4, -0.2) is 41.7 Å². The molecule has 0 spiro atoms. The van der Waals surface area contributed by atoms with E-state index >= 15 is 0 Å². The highest BCUT2D eigenvalue weighted by atomic mass is 19.4. The molecular formula is C32H23F3N2O6. The number of aromatic amines is 1. The molecule has 2 aromatic heterocycles. The lowest BCUT2D eigenvalue weighted by molar-refractivity contribution is -0.147. The number of furan rings is 1. The third kappa shape index (κ3) is 4.48. The molecule has 0 saturated carbocycles. The third-order valence-corrected chi connectivity index (χ3v) is 7.89. The van der Waals surface area contributed by atoms with Gasteiger partial charge in [-0.25, -0.2) is 4.79 Å². The molecule has 0 aliphatic carbocycles. The standard InChI is InChI=1S/C32H23F3N2O6/c1-40-31(39)24-14-22-21-7-2-3-8-23(21)36-28(22)29(18-9-10-25-26(12-18)43-16-42-25)37(24)30(38)27-13-19(15-41-27)17-5-4-6-20(11-17)32(33,34)35/h2-13,15,24,29,36H,14,16H2,1H3. The molecule has 2 atom stereocenters. The quantitative estimate of drug-likeness (QED) is 0.241. The lowest BCUT2D eigenvalue weighted by atomic mass is 9.87. The number of aromatic nitrogens is 1. The van der Waals surface area contributed by atoms with Crippen molar-refractivity contribution in [1.82, 2.24) is 9.88 Å². The fourth-order valence-electron chi connectivity index (χ4n) is 5.89. The number of carbonyl (C=O) groups excluding carboxylic acids is 2. The fourth-order valence-corrected chi connectivity index (χ4v) is 5.89. The first-order valence-corrected chi connectivity index (χ1v) is 13.4. The van der Waals surface area contributed by atoms with Crippen LogP contribution in [0.2, 0.25) is 0 Å². The summed E-state index contributed by atoms with van der Waals surface area (Å²) in [6, 6.07) is 17.2. The first kappa shape index (κ1) is 26.7. The predicted octanol–water partition coefficient (Wildman–Crippen LogP) is 6.50. The maximum Gasteiger partial charge on any atom is 0.416 e. The number of alkyl halides is 3. The first-order valence-electron chi connectivity index (χ1n) is 13.4. The Morgan fingerprint density at radius 3 is 2.58 bits per heavy atom. The number of halogens is 3. The average Bonchev–Trinajstić information content (AvgIpc) is 3.77. The molecule has 2 aliphatic heterocycles. The Morgan fingerprint density at radius 2 is 1.77 bits per heavy atom. The number of nitrogens with one attached hydrogen (secondary N) is 1. The summed E-state index contributed by atoms with van der Waals surface area (Å²) in [5.74, 6) is -0.366. The van der Waals surface area contributed by atoms with Gasteiger partial charge in [0, 0.05) is 28.6 Å². The number of amides is 1. The van der Waals surface area contributed by atoms with Crippen LogP contribution in [0.25, 0.3) is 22.0 Å². The van der Waals surface area contributed by atoms with Crippen molar-refractivity contribution in [2.75, 3.05) is 13.9 Å². The van der Waals surface area contributed by atoms with E-state index < -0.39 is 35.7 Å². The van der Waals surface area contributed by atoms with E-state index in [0.29, 0.717) is 22.8 Å². The van der Waals surface area contributed by atoms with E-state index in [9.17, 15) is 22.8 Å². The van der Waals surface area contributed by atoms with Crippen molar-refractivity contribution < 1.29 is 41.4 Å². The molecule has 0 radical (unpaired) electrons. The number of para-hydroxylation sites is 1. The summed E-state index contributed by atoms with van der Waals surface area (Å²) in [5, 5.41) is 0.911. The summed E-state index contributed by atoms with van der Waals surface area (Å²) in [5.41, 5.74) is 2.73. The van der Waals surface area contributed by atoms with Crippen molar-refractivity contribution in [3.63, 3.8) is 0 Å². The van der Waals surface area contributed by atoms with Gasteiger partial charge in [0.05, 0.1) is 25.0 Å². The molecule has 4 heterocycles. The van der Waals surface area contributed by atoms with Gasteiger partial charge < -0.3 is 28.5 Å². The van der Waals surface area contributed by atoms with Gasteiger partial charge >= 0.3 is 12.1 Å². The Morgan fingerprint density at radius 1 is 0.953 bits per heavy atom. The van der Waals surface area contributed by atoms with Crippen molar-refractivity contribution in [2.24, 2.45) is 0 Å². The summed E-state index contributed by atoms with van der Waals surface area (Å²) < 4.78 is 62.0. The number of nitrogens with zero attached hydrogens (tertiary/aromatic N) is 1. The smallest absolute Gasteiger partial charge is 0.416 e. The SMILES string of the molecule is COC(=O)C1Cc2c([nH]c3ccccc23)C(c2ccc3c(c2)OCO3)N1C(=O)c1cc(-c2cccc(C(F)(F)F)c2)co1. The van der Waals surface area contributed by atoms with E-state index in [0.717, 1.165) is 28.6 Å². The van der Waals surface area contributed by atoms with Gasteiger partial charge in [0.15, 0.2) is 17.3 Å². The van der Waals surface area contributed by atoms with Gasteiger partial charge in [-0.2, -0.15) is 13.2 Å². The molecule has 43 heavy (non-hydrogen) atoms. The highest BCUT2D eigenvalue weighted by molar-refractivity contribution is 5.98. The molecule has 218 valence electrons. The number of carbonyl (C=O) groups is 2. The zero-order valence-corrected chi connectivity index (χ0v) is 22.6.